The van der Waals surface area contributed by atoms with Crippen molar-refractivity contribution in [3.8, 4) is 0 Å². The van der Waals surface area contributed by atoms with Crippen LogP contribution < -0.4 is 5.69 Å². The third kappa shape index (κ3) is 2.83. The van der Waals surface area contributed by atoms with Gasteiger partial charge in [0, 0.05) is 31.2 Å². The van der Waals surface area contributed by atoms with Crippen LogP contribution in [0.5, 0.6) is 0 Å². The number of amides is 1. The highest BCUT2D eigenvalue weighted by Crippen LogP contribution is 2.27. The first-order valence-corrected chi connectivity index (χ1v) is 8.19. The molecule has 0 atom stereocenters. The minimum atomic E-state index is -0.278. The second kappa shape index (κ2) is 6.28. The van der Waals surface area contributed by atoms with E-state index in [9.17, 15) is 9.59 Å². The Kier molecular flexibility index (Phi) is 4.35. The van der Waals surface area contributed by atoms with Crippen LogP contribution in [0.1, 0.15) is 25.8 Å². The van der Waals surface area contributed by atoms with Crippen molar-refractivity contribution in [2.45, 2.75) is 25.8 Å². The number of imidazole rings is 1. The molecule has 124 valence electrons. The van der Waals surface area contributed by atoms with E-state index in [4.69, 9.17) is 16.3 Å². The number of fused-ring (bicyclic) bond motifs is 1. The number of likely N-dealkylation sites (tertiary alicyclic amines) is 1. The summed E-state index contributed by atoms with van der Waals surface area (Å²) in [5.41, 5.74) is 1.67. The molecule has 0 saturated carbocycles. The second-order valence-electron chi connectivity index (χ2n) is 5.76. The van der Waals surface area contributed by atoms with Gasteiger partial charge in [0.2, 0.25) is 0 Å². The fraction of sp³-hybridized carbons (Fsp3) is 0.500. The molecular formula is C16H20ClN3O3. The third-order valence-corrected chi connectivity index (χ3v) is 4.64. The van der Waals surface area contributed by atoms with Crippen LogP contribution in [0.25, 0.3) is 11.0 Å². The van der Waals surface area contributed by atoms with E-state index in [1.165, 1.54) is 0 Å². The van der Waals surface area contributed by atoms with Gasteiger partial charge in [-0.25, -0.2) is 9.59 Å². The molecule has 1 aromatic heterocycles. The number of nitrogens with zero attached hydrogens (tertiary/aromatic N) is 3. The normalized spacial score (nSPS) is 16.0. The van der Waals surface area contributed by atoms with Crippen LogP contribution in [0.3, 0.4) is 0 Å². The van der Waals surface area contributed by atoms with E-state index in [1.54, 1.807) is 29.5 Å². The van der Waals surface area contributed by atoms with E-state index in [-0.39, 0.29) is 17.8 Å². The lowest BCUT2D eigenvalue weighted by Gasteiger charge is -2.31. The maximum Gasteiger partial charge on any atom is 0.409 e. The minimum absolute atomic E-state index is 0.0446. The molecule has 1 aliphatic heterocycles. The van der Waals surface area contributed by atoms with Gasteiger partial charge in [-0.2, -0.15) is 0 Å². The molecule has 6 nitrogen and oxygen atoms in total. The van der Waals surface area contributed by atoms with Crippen LogP contribution in [0.2, 0.25) is 5.02 Å². The second-order valence-corrected chi connectivity index (χ2v) is 6.20. The Balaban J connectivity index is 1.88. The maximum absolute atomic E-state index is 12.6. The van der Waals surface area contributed by atoms with Gasteiger partial charge < -0.3 is 9.64 Å². The number of rotatable bonds is 2. The number of benzene rings is 1. The highest BCUT2D eigenvalue weighted by molar-refractivity contribution is 6.31. The summed E-state index contributed by atoms with van der Waals surface area (Å²) in [4.78, 5) is 26.1. The molecular weight excluding hydrogens is 318 g/mol. The average molecular weight is 338 g/mol. The first-order valence-electron chi connectivity index (χ1n) is 7.81. The number of hydrogen-bond acceptors (Lipinski definition) is 3. The Morgan fingerprint density at radius 2 is 2.00 bits per heavy atom. The first kappa shape index (κ1) is 15.9. The van der Waals surface area contributed by atoms with Gasteiger partial charge in [-0.1, -0.05) is 11.6 Å². The highest BCUT2D eigenvalue weighted by atomic mass is 35.5. The molecule has 1 amide bonds. The number of hydrogen-bond donors (Lipinski definition) is 0. The smallest absolute Gasteiger partial charge is 0.409 e. The lowest BCUT2D eigenvalue weighted by atomic mass is 10.0. The van der Waals surface area contributed by atoms with Crippen molar-refractivity contribution >= 4 is 28.7 Å². The van der Waals surface area contributed by atoms with Crippen molar-refractivity contribution in [3.05, 3.63) is 33.7 Å². The molecule has 7 heteroatoms. The van der Waals surface area contributed by atoms with Crippen LogP contribution in [0.15, 0.2) is 23.0 Å². The molecule has 1 saturated heterocycles. The Bertz CT molecular complexity index is 788. The van der Waals surface area contributed by atoms with Gasteiger partial charge in [0.25, 0.3) is 0 Å². The predicted octanol–water partition coefficient (Wildman–Crippen LogP) is 2.79. The third-order valence-electron chi connectivity index (χ3n) is 4.41. The summed E-state index contributed by atoms with van der Waals surface area (Å²) >= 11 is 6.10. The molecule has 1 aromatic carbocycles. The summed E-state index contributed by atoms with van der Waals surface area (Å²) in [7, 11) is 1.77. The molecule has 0 aliphatic carbocycles. The summed E-state index contributed by atoms with van der Waals surface area (Å²) in [5.74, 6) is 0. The van der Waals surface area contributed by atoms with Crippen LogP contribution in [-0.4, -0.2) is 39.8 Å². The van der Waals surface area contributed by atoms with Crippen LogP contribution in [0.4, 0.5) is 4.79 Å². The van der Waals surface area contributed by atoms with E-state index < -0.39 is 0 Å². The molecule has 0 N–H and O–H groups in total. The summed E-state index contributed by atoms with van der Waals surface area (Å²) in [6, 6.07) is 5.55. The quantitative estimate of drug-likeness (QED) is 0.846. The van der Waals surface area contributed by atoms with E-state index in [1.807, 2.05) is 16.7 Å². The summed E-state index contributed by atoms with van der Waals surface area (Å²) in [5, 5.41) is 0.612. The average Bonchev–Trinajstić information content (AvgIpc) is 2.79. The SMILES string of the molecule is CCOC(=O)N1CCC(n2c(=O)n(C)c3ccc(Cl)cc32)CC1. The molecule has 0 unspecified atom stereocenters. The summed E-state index contributed by atoms with van der Waals surface area (Å²) in [6.45, 7) is 3.35. The molecule has 1 fully saturated rings. The monoisotopic (exact) mass is 337 g/mol. The minimum Gasteiger partial charge on any atom is -0.450 e. The maximum atomic E-state index is 12.6. The lowest BCUT2D eigenvalue weighted by molar-refractivity contribution is 0.0927. The van der Waals surface area contributed by atoms with Crippen LogP contribution >= 0.6 is 11.6 Å². The Morgan fingerprint density at radius 1 is 1.30 bits per heavy atom. The van der Waals surface area contributed by atoms with Gasteiger partial charge in [0.05, 0.1) is 17.6 Å². The van der Waals surface area contributed by atoms with E-state index >= 15 is 0 Å². The van der Waals surface area contributed by atoms with E-state index in [2.05, 4.69) is 0 Å². The molecule has 3 rings (SSSR count). The summed E-state index contributed by atoms with van der Waals surface area (Å²) < 4.78 is 8.48. The van der Waals surface area contributed by atoms with Crippen molar-refractivity contribution < 1.29 is 9.53 Å². The van der Waals surface area contributed by atoms with E-state index in [0.29, 0.717) is 24.7 Å². The number of piperidine rings is 1. The van der Waals surface area contributed by atoms with Gasteiger partial charge in [0.15, 0.2) is 0 Å². The number of carbonyl (C=O) groups is 1. The number of carbonyl (C=O) groups excluding carboxylic acids is 1. The largest absolute Gasteiger partial charge is 0.450 e. The molecule has 2 heterocycles. The van der Waals surface area contributed by atoms with Gasteiger partial charge in [-0.15, -0.1) is 0 Å². The molecule has 1 aliphatic rings. The number of ether oxygens (including phenoxy) is 1. The molecule has 0 spiro atoms. The van der Waals surface area contributed by atoms with Crippen LogP contribution in [0, 0.1) is 0 Å². The van der Waals surface area contributed by atoms with Gasteiger partial charge in [-0.3, -0.25) is 9.13 Å². The van der Waals surface area contributed by atoms with Gasteiger partial charge in [0.1, 0.15) is 0 Å². The van der Waals surface area contributed by atoms with Crippen molar-refractivity contribution in [1.82, 2.24) is 14.0 Å². The lowest BCUT2D eigenvalue weighted by Crippen LogP contribution is -2.41. The topological polar surface area (TPSA) is 56.5 Å². The Hall–Kier alpha value is -1.95. The predicted molar refractivity (Wildman–Crippen MR) is 89.1 cm³/mol. The standard InChI is InChI=1S/C16H20ClN3O3/c1-3-23-16(22)19-8-6-12(7-9-19)20-14-10-11(17)4-5-13(14)18(2)15(20)21/h4-5,10,12H,3,6-9H2,1-2H3. The van der Waals surface area contributed by atoms with Crippen molar-refractivity contribution in [2.75, 3.05) is 19.7 Å². The number of halogens is 1. The Labute approximate surface area is 139 Å². The fourth-order valence-corrected chi connectivity index (χ4v) is 3.38. The number of aryl methyl sites for hydroxylation is 1. The van der Waals surface area contributed by atoms with Gasteiger partial charge >= 0.3 is 11.8 Å². The van der Waals surface area contributed by atoms with Gasteiger partial charge in [-0.05, 0) is 38.0 Å². The van der Waals surface area contributed by atoms with Crippen LogP contribution in [-0.2, 0) is 11.8 Å². The van der Waals surface area contributed by atoms with Crippen molar-refractivity contribution in [2.24, 2.45) is 7.05 Å². The summed E-state index contributed by atoms with van der Waals surface area (Å²) in [6.07, 6.45) is 1.17. The fourth-order valence-electron chi connectivity index (χ4n) is 3.22. The molecule has 2 aromatic rings. The van der Waals surface area contributed by atoms with E-state index in [0.717, 1.165) is 23.9 Å². The molecule has 23 heavy (non-hydrogen) atoms. The molecule has 0 radical (unpaired) electrons. The zero-order chi connectivity index (χ0) is 16.6. The zero-order valence-electron chi connectivity index (χ0n) is 13.3. The molecule has 0 bridgehead atoms. The zero-order valence-corrected chi connectivity index (χ0v) is 14.0. The first-order chi connectivity index (χ1) is 11.0. The van der Waals surface area contributed by atoms with Crippen molar-refractivity contribution in [1.29, 1.82) is 0 Å². The number of aromatic nitrogens is 2. The highest BCUT2D eigenvalue weighted by Gasteiger charge is 2.27. The van der Waals surface area contributed by atoms with Crippen molar-refractivity contribution in [3.63, 3.8) is 0 Å². The Morgan fingerprint density at radius 3 is 2.65 bits per heavy atom.